The third kappa shape index (κ3) is 9.85. The molecule has 0 aliphatic carbocycles. The summed E-state index contributed by atoms with van der Waals surface area (Å²) in [5.74, 6) is 0.782. The number of nitrogens with two attached hydrogens (primary N) is 1. The molecule has 52 heavy (non-hydrogen) atoms. The molecule has 6 rings (SSSR count). The molecule has 1 aliphatic rings. The summed E-state index contributed by atoms with van der Waals surface area (Å²) >= 11 is 4.61. The number of benzene rings is 4. The van der Waals surface area contributed by atoms with E-state index >= 15 is 0 Å². The molecular weight excluding hydrogens is 770 g/mol. The maximum Gasteiger partial charge on any atom is 0.267 e. The van der Waals surface area contributed by atoms with Crippen LogP contribution in [0.4, 0.5) is 5.69 Å². The third-order valence-electron chi connectivity index (χ3n) is 7.32. The lowest BCUT2D eigenvalue weighted by Gasteiger charge is -2.13. The number of rotatable bonds is 13. The van der Waals surface area contributed by atoms with E-state index in [4.69, 9.17) is 19.0 Å². The molecule has 2 heterocycles. The molecule has 3 N–H and O–H groups in total. The first-order valence-corrected chi connectivity index (χ1v) is 18.7. The molecule has 2 amide bonds. The summed E-state index contributed by atoms with van der Waals surface area (Å²) in [7, 11) is -3.86. The second-order valence-electron chi connectivity index (χ2n) is 11.1. The molecular formula is C37H30BrN5O7S2. The number of nitrogens with one attached hydrogen (secondary N) is 1. The van der Waals surface area contributed by atoms with Crippen LogP contribution in [0.25, 0.3) is 6.08 Å². The molecule has 1 fully saturated rings. The summed E-state index contributed by atoms with van der Waals surface area (Å²) in [6, 6.07) is 31.4. The highest BCUT2D eigenvalue weighted by atomic mass is 79.9. The van der Waals surface area contributed by atoms with Gasteiger partial charge in [-0.15, -0.1) is 5.10 Å². The van der Waals surface area contributed by atoms with Crippen molar-refractivity contribution in [2.45, 2.75) is 18.0 Å². The minimum absolute atomic E-state index is 0.0774. The second-order valence-corrected chi connectivity index (χ2v) is 14.6. The number of carbonyl (C=O) groups excluding carboxylic acids is 2. The van der Waals surface area contributed by atoms with Gasteiger partial charge in [-0.3, -0.25) is 14.5 Å². The van der Waals surface area contributed by atoms with Crippen LogP contribution in [0, 0.1) is 0 Å². The number of anilines is 1. The molecule has 0 bridgehead atoms. The topological polar surface area (TPSA) is 166 Å². The first-order chi connectivity index (χ1) is 25.1. The molecule has 1 aromatic heterocycles. The number of ether oxygens (including phenoxy) is 2. The zero-order valence-corrected chi connectivity index (χ0v) is 30.4. The van der Waals surface area contributed by atoms with Crippen molar-refractivity contribution in [3.05, 3.63) is 147 Å². The highest BCUT2D eigenvalue weighted by Crippen LogP contribution is 2.36. The lowest BCUT2D eigenvalue weighted by molar-refractivity contribution is -0.122. The molecule has 0 radical (unpaired) electrons. The normalized spacial score (nSPS) is 14.7. The van der Waals surface area contributed by atoms with E-state index in [1.165, 1.54) is 35.4 Å². The number of carbonyl (C=O) groups is 2. The van der Waals surface area contributed by atoms with Crippen molar-refractivity contribution in [1.82, 2.24) is 4.90 Å². The second kappa shape index (κ2) is 16.7. The van der Waals surface area contributed by atoms with Crippen LogP contribution in [0.2, 0.25) is 0 Å². The van der Waals surface area contributed by atoms with Crippen molar-refractivity contribution in [3.8, 4) is 11.5 Å². The van der Waals surface area contributed by atoms with Gasteiger partial charge in [0.05, 0.1) is 28.8 Å². The number of primary sulfonamides is 1. The fourth-order valence-corrected chi connectivity index (χ4v) is 6.64. The van der Waals surface area contributed by atoms with E-state index in [9.17, 15) is 18.0 Å². The average molecular weight is 801 g/mol. The number of nitrogens with zero attached hydrogens (tertiary/aromatic N) is 3. The standard InChI is InChI=1S/C37H30BrN5O7S2/c38-28-11-16-33(50-24-35(44)41-29-12-14-32(15-13-29)52(39,46)47)27(19-28)20-34-36(45)43(22-31-10-5-17-48-31)37(51-34)42-40-21-26-8-4-9-30(18-26)49-23-25-6-2-1-3-7-25/h1-21H,22-24H2,(H,41,44)(H2,39,46,47)/b34-20-,40-21-,42-37+. The SMILES string of the molecule is NS(=O)(=O)c1ccc(NC(=O)COc2ccc(Br)cc2/C=C2\S/C(=N/N=C\c3cccc(OCc4ccccc4)c3)N(Cc3ccco3)C2=O)cc1. The van der Waals surface area contributed by atoms with Gasteiger partial charge >= 0.3 is 0 Å². The van der Waals surface area contributed by atoms with E-state index in [-0.39, 0.29) is 24.0 Å². The van der Waals surface area contributed by atoms with Gasteiger partial charge in [0.25, 0.3) is 11.8 Å². The largest absolute Gasteiger partial charge is 0.489 e. The summed E-state index contributed by atoms with van der Waals surface area (Å²) in [6.45, 7) is 0.199. The number of hydrogen-bond acceptors (Lipinski definition) is 10. The molecule has 5 aromatic rings. The summed E-state index contributed by atoms with van der Waals surface area (Å²) in [4.78, 5) is 28.2. The molecule has 1 saturated heterocycles. The minimum Gasteiger partial charge on any atom is -0.489 e. The average Bonchev–Trinajstić information content (AvgIpc) is 3.75. The monoisotopic (exact) mass is 799 g/mol. The smallest absolute Gasteiger partial charge is 0.267 e. The van der Waals surface area contributed by atoms with Gasteiger partial charge in [0.15, 0.2) is 11.8 Å². The molecule has 264 valence electrons. The van der Waals surface area contributed by atoms with Gasteiger partial charge in [-0.1, -0.05) is 58.4 Å². The van der Waals surface area contributed by atoms with Crippen LogP contribution in [-0.2, 0) is 32.8 Å². The highest BCUT2D eigenvalue weighted by Gasteiger charge is 2.34. The fraction of sp³-hybridized carbons (Fsp3) is 0.0811. The lowest BCUT2D eigenvalue weighted by atomic mass is 10.2. The number of thioether (sulfide) groups is 1. The Labute approximate surface area is 312 Å². The van der Waals surface area contributed by atoms with Crippen molar-refractivity contribution in [3.63, 3.8) is 0 Å². The van der Waals surface area contributed by atoms with Gasteiger partial charge in [-0.05, 0) is 95.7 Å². The Hall–Kier alpha value is -5.48. The Morgan fingerprint density at radius 1 is 0.962 bits per heavy atom. The van der Waals surface area contributed by atoms with Gasteiger partial charge in [-0.25, -0.2) is 13.6 Å². The van der Waals surface area contributed by atoms with Crippen LogP contribution in [0.1, 0.15) is 22.5 Å². The third-order valence-corrected chi connectivity index (χ3v) is 9.74. The first-order valence-electron chi connectivity index (χ1n) is 15.6. The van der Waals surface area contributed by atoms with Crippen LogP contribution >= 0.6 is 27.7 Å². The van der Waals surface area contributed by atoms with Crippen molar-refractivity contribution < 1.29 is 31.9 Å². The molecule has 15 heteroatoms. The van der Waals surface area contributed by atoms with Crippen LogP contribution in [0.15, 0.2) is 144 Å². The summed E-state index contributed by atoms with van der Waals surface area (Å²) in [6.07, 6.45) is 4.77. The maximum absolute atomic E-state index is 13.7. The Morgan fingerprint density at radius 3 is 2.52 bits per heavy atom. The van der Waals surface area contributed by atoms with Gasteiger partial charge < -0.3 is 19.2 Å². The minimum atomic E-state index is -3.86. The zero-order valence-electron chi connectivity index (χ0n) is 27.2. The molecule has 0 atom stereocenters. The van der Waals surface area contributed by atoms with Crippen LogP contribution in [-0.4, -0.2) is 43.1 Å². The molecule has 0 unspecified atom stereocenters. The van der Waals surface area contributed by atoms with Gasteiger partial charge in [0, 0.05) is 15.7 Å². The molecule has 0 spiro atoms. The first kappa shape index (κ1) is 36.3. The Morgan fingerprint density at radius 2 is 1.77 bits per heavy atom. The van der Waals surface area contributed by atoms with E-state index in [1.807, 2.05) is 54.6 Å². The number of amides is 2. The number of sulfonamides is 1. The summed E-state index contributed by atoms with van der Waals surface area (Å²) < 4.78 is 41.0. The molecule has 4 aromatic carbocycles. The Bertz CT molecular complexity index is 2260. The lowest BCUT2D eigenvalue weighted by Crippen LogP contribution is -2.28. The van der Waals surface area contributed by atoms with E-state index in [2.05, 4.69) is 31.4 Å². The van der Waals surface area contributed by atoms with Gasteiger partial charge in [-0.2, -0.15) is 5.10 Å². The van der Waals surface area contributed by atoms with E-state index in [0.717, 1.165) is 27.4 Å². The van der Waals surface area contributed by atoms with Crippen LogP contribution in [0.3, 0.4) is 0 Å². The zero-order chi connectivity index (χ0) is 36.5. The number of amidine groups is 1. The maximum atomic E-state index is 13.7. The molecule has 12 nitrogen and oxygen atoms in total. The summed E-state index contributed by atoms with van der Waals surface area (Å²) in [5.41, 5.74) is 2.71. The van der Waals surface area contributed by atoms with Gasteiger partial charge in [0.1, 0.15) is 23.9 Å². The predicted molar refractivity (Wildman–Crippen MR) is 203 cm³/mol. The van der Waals surface area contributed by atoms with Crippen molar-refractivity contribution in [1.29, 1.82) is 0 Å². The fourth-order valence-electron chi connectivity index (χ4n) is 4.82. The number of halogens is 1. The molecule has 0 saturated carbocycles. The van der Waals surface area contributed by atoms with Crippen LogP contribution < -0.4 is 19.9 Å². The van der Waals surface area contributed by atoms with Crippen LogP contribution in [0.5, 0.6) is 11.5 Å². The Kier molecular flexibility index (Phi) is 11.7. The van der Waals surface area contributed by atoms with E-state index < -0.39 is 15.9 Å². The predicted octanol–water partition coefficient (Wildman–Crippen LogP) is 6.79. The number of hydrogen-bond donors (Lipinski definition) is 2. The number of furan rings is 1. The highest BCUT2D eigenvalue weighted by molar-refractivity contribution is 9.10. The summed E-state index contributed by atoms with van der Waals surface area (Å²) in [5, 5.41) is 16.8. The van der Waals surface area contributed by atoms with E-state index in [0.29, 0.717) is 45.2 Å². The molecule has 1 aliphatic heterocycles. The van der Waals surface area contributed by atoms with Crippen molar-refractivity contribution in [2.75, 3.05) is 11.9 Å². The van der Waals surface area contributed by atoms with Crippen molar-refractivity contribution >= 4 is 72.7 Å². The Balaban J connectivity index is 1.17. The van der Waals surface area contributed by atoms with Crippen molar-refractivity contribution in [2.24, 2.45) is 15.3 Å². The van der Waals surface area contributed by atoms with E-state index in [1.54, 1.807) is 42.6 Å². The van der Waals surface area contributed by atoms with Gasteiger partial charge in [0.2, 0.25) is 10.0 Å². The quantitative estimate of drug-likeness (QED) is 0.0746.